The number of quaternary nitrogens is 2. The summed E-state index contributed by atoms with van der Waals surface area (Å²) in [4.78, 5) is 22.0. The lowest BCUT2D eigenvalue weighted by atomic mass is 10.3. The third kappa shape index (κ3) is 11.6. The molecule has 0 aromatic heterocycles. The molecule has 0 radical (unpaired) electrons. The molecule has 0 heterocycles. The summed E-state index contributed by atoms with van der Waals surface area (Å²) in [5.74, 6) is -0.767. The molecule has 24 heavy (non-hydrogen) atoms. The SMILES string of the molecule is C=CC(=O)OCCC[N+](C)(C)C=C[N+](C)(C)CCCOC(=O)C=C. The van der Waals surface area contributed by atoms with Crippen molar-refractivity contribution in [1.82, 2.24) is 0 Å². The van der Waals surface area contributed by atoms with Crippen molar-refractivity contribution < 1.29 is 28.0 Å². The lowest BCUT2D eigenvalue weighted by Gasteiger charge is -2.28. The Morgan fingerprint density at radius 2 is 1.12 bits per heavy atom. The fraction of sp³-hybridized carbons (Fsp3) is 0.556. The first-order valence-corrected chi connectivity index (χ1v) is 8.06. The van der Waals surface area contributed by atoms with Crippen molar-refractivity contribution in [3.05, 3.63) is 37.7 Å². The molecule has 0 spiro atoms. The number of nitrogens with zero attached hydrogens (tertiary/aromatic N) is 2. The summed E-state index contributed by atoms with van der Waals surface area (Å²) >= 11 is 0. The van der Waals surface area contributed by atoms with E-state index in [1.54, 1.807) is 0 Å². The van der Waals surface area contributed by atoms with Crippen LogP contribution in [0, 0.1) is 0 Å². The number of esters is 2. The van der Waals surface area contributed by atoms with Crippen molar-refractivity contribution in [2.75, 3.05) is 54.5 Å². The van der Waals surface area contributed by atoms with Crippen LogP contribution in [-0.2, 0) is 19.1 Å². The molecule has 0 aromatic rings. The Morgan fingerprint density at radius 1 is 0.792 bits per heavy atom. The Bertz CT molecular complexity index is 426. The number of ether oxygens (including phenoxy) is 2. The van der Waals surface area contributed by atoms with E-state index in [9.17, 15) is 9.59 Å². The molecule has 6 heteroatoms. The molecule has 0 atom stereocenters. The smallest absolute Gasteiger partial charge is 0.330 e. The van der Waals surface area contributed by atoms with Crippen LogP contribution in [0.15, 0.2) is 37.7 Å². The van der Waals surface area contributed by atoms with Crippen LogP contribution in [0.25, 0.3) is 0 Å². The van der Waals surface area contributed by atoms with Crippen molar-refractivity contribution >= 4 is 11.9 Å². The topological polar surface area (TPSA) is 52.6 Å². The maximum atomic E-state index is 11.0. The first kappa shape index (κ1) is 22.1. The van der Waals surface area contributed by atoms with Gasteiger partial charge in [-0.1, -0.05) is 13.2 Å². The largest absolute Gasteiger partial charge is 0.462 e. The zero-order valence-corrected chi connectivity index (χ0v) is 15.5. The minimum atomic E-state index is -0.384. The molecule has 0 aromatic carbocycles. The lowest BCUT2D eigenvalue weighted by Crippen LogP contribution is -2.39. The summed E-state index contributed by atoms with van der Waals surface area (Å²) in [6, 6.07) is 0. The summed E-state index contributed by atoms with van der Waals surface area (Å²) in [6.45, 7) is 9.24. The van der Waals surface area contributed by atoms with Gasteiger partial charge in [-0.15, -0.1) is 0 Å². The molecule has 0 unspecified atom stereocenters. The first-order chi connectivity index (χ1) is 11.1. The van der Waals surface area contributed by atoms with Gasteiger partial charge in [-0.2, -0.15) is 0 Å². The Kier molecular flexibility index (Phi) is 9.92. The Balaban J connectivity index is 4.19. The molecular weight excluding hydrogens is 308 g/mol. The molecule has 6 nitrogen and oxygen atoms in total. The molecule has 0 bridgehead atoms. The highest BCUT2D eigenvalue weighted by Crippen LogP contribution is 2.07. The number of hydrogen-bond acceptors (Lipinski definition) is 4. The monoisotopic (exact) mass is 340 g/mol. The third-order valence-corrected chi connectivity index (χ3v) is 3.45. The van der Waals surface area contributed by atoms with E-state index in [1.165, 1.54) is 12.2 Å². The normalized spacial score (nSPS) is 12.0. The molecule has 0 amide bonds. The van der Waals surface area contributed by atoms with Gasteiger partial charge in [0.15, 0.2) is 0 Å². The Morgan fingerprint density at radius 3 is 1.42 bits per heavy atom. The quantitative estimate of drug-likeness (QED) is 0.235. The zero-order chi connectivity index (χ0) is 18.6. The van der Waals surface area contributed by atoms with Crippen molar-refractivity contribution in [3.63, 3.8) is 0 Å². The van der Waals surface area contributed by atoms with Crippen LogP contribution in [0.1, 0.15) is 12.8 Å². The van der Waals surface area contributed by atoms with Gasteiger partial charge in [-0.3, -0.25) is 8.97 Å². The average Bonchev–Trinajstić information content (AvgIpc) is 2.53. The molecule has 0 aliphatic carbocycles. The highest BCUT2D eigenvalue weighted by molar-refractivity contribution is 5.81. The number of carbonyl (C=O) groups excluding carboxylic acids is 2. The molecule has 0 saturated carbocycles. The minimum Gasteiger partial charge on any atom is -0.462 e. The lowest BCUT2D eigenvalue weighted by molar-refractivity contribution is -0.867. The Hall–Kier alpha value is -1.92. The van der Waals surface area contributed by atoms with Crippen molar-refractivity contribution in [3.8, 4) is 0 Å². The van der Waals surface area contributed by atoms with Crippen LogP contribution in [0.2, 0.25) is 0 Å². The van der Waals surface area contributed by atoms with Gasteiger partial charge in [0.1, 0.15) is 12.4 Å². The van der Waals surface area contributed by atoms with Crippen molar-refractivity contribution in [1.29, 1.82) is 0 Å². The zero-order valence-electron chi connectivity index (χ0n) is 15.5. The average molecular weight is 340 g/mol. The second kappa shape index (κ2) is 10.8. The molecule has 0 N–H and O–H groups in total. The molecule has 0 aliphatic heterocycles. The van der Waals surface area contributed by atoms with Crippen LogP contribution < -0.4 is 0 Å². The van der Waals surface area contributed by atoms with Crippen LogP contribution in [0.5, 0.6) is 0 Å². The maximum Gasteiger partial charge on any atom is 0.330 e. The molecular formula is C18H32N2O4+2. The fourth-order valence-corrected chi connectivity index (χ4v) is 1.92. The molecule has 136 valence electrons. The second-order valence-electron chi connectivity index (χ2n) is 6.75. The van der Waals surface area contributed by atoms with E-state index in [-0.39, 0.29) is 11.9 Å². The van der Waals surface area contributed by atoms with Gasteiger partial charge >= 0.3 is 11.9 Å². The van der Waals surface area contributed by atoms with Gasteiger partial charge in [0.2, 0.25) is 0 Å². The number of rotatable bonds is 12. The van der Waals surface area contributed by atoms with E-state index < -0.39 is 0 Å². The first-order valence-electron chi connectivity index (χ1n) is 8.06. The predicted molar refractivity (Wildman–Crippen MR) is 94.6 cm³/mol. The van der Waals surface area contributed by atoms with Gasteiger partial charge in [0.25, 0.3) is 0 Å². The van der Waals surface area contributed by atoms with Crippen LogP contribution in [0.3, 0.4) is 0 Å². The van der Waals surface area contributed by atoms with Crippen LogP contribution >= 0.6 is 0 Å². The maximum absolute atomic E-state index is 11.0. The van der Waals surface area contributed by atoms with E-state index in [0.29, 0.717) is 22.2 Å². The van der Waals surface area contributed by atoms with Gasteiger partial charge in [0, 0.05) is 25.0 Å². The van der Waals surface area contributed by atoms with Crippen molar-refractivity contribution in [2.24, 2.45) is 0 Å². The summed E-state index contributed by atoms with van der Waals surface area (Å²) < 4.78 is 11.4. The standard InChI is InChI=1S/C18H32N2O4/c1-7-17(21)23-15-9-11-19(3,4)13-14-20(5,6)12-10-16-24-18(22)8-2/h7-8,13-14H,1-2,9-12,15-16H2,3-6H3/q+2. The van der Waals surface area contributed by atoms with E-state index >= 15 is 0 Å². The predicted octanol–water partition coefficient (Wildman–Crippen LogP) is 1.85. The van der Waals surface area contributed by atoms with Crippen molar-refractivity contribution in [2.45, 2.75) is 12.8 Å². The fourth-order valence-electron chi connectivity index (χ4n) is 1.92. The van der Waals surface area contributed by atoms with Crippen LogP contribution in [-0.4, -0.2) is 75.4 Å². The highest BCUT2D eigenvalue weighted by Gasteiger charge is 2.17. The molecule has 0 saturated heterocycles. The summed E-state index contributed by atoms with van der Waals surface area (Å²) in [5.41, 5.74) is 0. The molecule has 0 aliphatic rings. The van der Waals surface area contributed by atoms with Crippen LogP contribution in [0.4, 0.5) is 0 Å². The second-order valence-corrected chi connectivity index (χ2v) is 6.75. The minimum absolute atomic E-state index is 0.384. The highest BCUT2D eigenvalue weighted by atomic mass is 16.5. The van der Waals surface area contributed by atoms with E-state index in [4.69, 9.17) is 9.47 Å². The molecule has 0 rings (SSSR count). The van der Waals surface area contributed by atoms with Gasteiger partial charge in [-0.25, -0.2) is 9.59 Å². The van der Waals surface area contributed by atoms with Gasteiger partial charge in [0.05, 0.1) is 54.5 Å². The van der Waals surface area contributed by atoms with E-state index in [0.717, 1.165) is 25.9 Å². The number of carbonyl (C=O) groups is 2. The Labute approximate surface area is 145 Å². The third-order valence-electron chi connectivity index (χ3n) is 3.45. The van der Waals surface area contributed by atoms with Gasteiger partial charge < -0.3 is 9.47 Å². The summed E-state index contributed by atoms with van der Waals surface area (Å²) in [7, 11) is 8.38. The number of hydrogen-bond donors (Lipinski definition) is 0. The molecule has 0 fully saturated rings. The summed E-state index contributed by atoms with van der Waals surface area (Å²) in [5, 5.41) is 0. The van der Waals surface area contributed by atoms with E-state index in [1.807, 2.05) is 0 Å². The van der Waals surface area contributed by atoms with Gasteiger partial charge in [-0.05, 0) is 0 Å². The van der Waals surface area contributed by atoms with E-state index in [2.05, 4.69) is 53.7 Å². The summed E-state index contributed by atoms with van der Waals surface area (Å²) in [6.07, 6.45) is 8.17.